The summed E-state index contributed by atoms with van der Waals surface area (Å²) >= 11 is 0. The third-order valence-corrected chi connectivity index (χ3v) is 2.48. The van der Waals surface area contributed by atoms with Crippen molar-refractivity contribution in [3.63, 3.8) is 0 Å². The second kappa shape index (κ2) is 8.90. The normalized spacial score (nSPS) is 11.8. The summed E-state index contributed by atoms with van der Waals surface area (Å²) in [4.78, 5) is 4.31. The molecule has 1 aromatic heterocycles. The predicted octanol–water partition coefficient (Wildman–Crippen LogP) is 2.20. The van der Waals surface area contributed by atoms with E-state index in [1.807, 2.05) is 18.3 Å². The number of nitrogens with one attached hydrogen (secondary N) is 1. The minimum absolute atomic E-state index is 0.774. The van der Waals surface area contributed by atoms with E-state index >= 15 is 0 Å². The van der Waals surface area contributed by atoms with E-state index < -0.39 is 0 Å². The minimum atomic E-state index is 0.774. The van der Waals surface area contributed by atoms with Crippen molar-refractivity contribution in [2.75, 3.05) is 26.8 Å². The summed E-state index contributed by atoms with van der Waals surface area (Å²) in [7, 11) is 1.72. The second-order valence-corrected chi connectivity index (χ2v) is 4.08. The van der Waals surface area contributed by atoms with Crippen molar-refractivity contribution >= 4 is 0 Å². The molecule has 0 aliphatic carbocycles. The van der Waals surface area contributed by atoms with Crippen LogP contribution < -0.4 is 5.32 Å². The average Bonchev–Trinajstić information content (AvgIpc) is 2.35. The molecule has 1 rings (SSSR count). The van der Waals surface area contributed by atoms with Crippen LogP contribution in [-0.2, 0) is 11.2 Å². The lowest BCUT2D eigenvalue weighted by Gasteiger charge is -2.03. The van der Waals surface area contributed by atoms with Crippen molar-refractivity contribution in [1.29, 1.82) is 0 Å². The summed E-state index contributed by atoms with van der Waals surface area (Å²) in [6.45, 7) is 4.85. The number of methoxy groups -OCH3 is 1. The highest BCUT2D eigenvalue weighted by Gasteiger charge is 1.94. The maximum atomic E-state index is 4.96. The first-order chi connectivity index (χ1) is 8.33. The molecule has 0 fully saturated rings. The maximum absolute atomic E-state index is 4.96. The van der Waals surface area contributed by atoms with Crippen LogP contribution in [-0.4, -0.2) is 31.8 Å². The van der Waals surface area contributed by atoms with E-state index in [0.29, 0.717) is 0 Å². The van der Waals surface area contributed by atoms with Crippen LogP contribution in [0.4, 0.5) is 0 Å². The Kier molecular flexibility index (Phi) is 7.27. The van der Waals surface area contributed by atoms with Crippen LogP contribution in [0.2, 0.25) is 0 Å². The molecule has 0 atom stereocenters. The van der Waals surface area contributed by atoms with E-state index in [2.05, 4.69) is 29.4 Å². The highest BCUT2D eigenvalue weighted by atomic mass is 16.5. The SMILES string of the molecule is COCCNCCC=C(C)Cc1ccccn1. The van der Waals surface area contributed by atoms with Crippen LogP contribution in [0, 0.1) is 0 Å². The van der Waals surface area contributed by atoms with E-state index in [0.717, 1.165) is 38.2 Å². The molecule has 3 heteroatoms. The third kappa shape index (κ3) is 6.87. The van der Waals surface area contributed by atoms with E-state index in [1.165, 1.54) is 5.57 Å². The van der Waals surface area contributed by atoms with Gasteiger partial charge < -0.3 is 10.1 Å². The number of hydrogen-bond acceptors (Lipinski definition) is 3. The number of ether oxygens (including phenoxy) is 1. The van der Waals surface area contributed by atoms with Gasteiger partial charge in [0.05, 0.1) is 6.61 Å². The molecule has 0 unspecified atom stereocenters. The molecule has 0 spiro atoms. The monoisotopic (exact) mass is 234 g/mol. The largest absolute Gasteiger partial charge is 0.383 e. The van der Waals surface area contributed by atoms with E-state index in [9.17, 15) is 0 Å². The molecule has 94 valence electrons. The van der Waals surface area contributed by atoms with E-state index in [-0.39, 0.29) is 0 Å². The van der Waals surface area contributed by atoms with E-state index in [4.69, 9.17) is 4.74 Å². The van der Waals surface area contributed by atoms with Gasteiger partial charge in [-0.1, -0.05) is 17.7 Å². The quantitative estimate of drug-likeness (QED) is 0.553. The fourth-order valence-corrected chi connectivity index (χ4v) is 1.58. The Balaban J connectivity index is 2.17. The van der Waals surface area contributed by atoms with Gasteiger partial charge in [0.2, 0.25) is 0 Å². The fraction of sp³-hybridized carbons (Fsp3) is 0.500. The van der Waals surface area contributed by atoms with Crippen molar-refractivity contribution in [2.24, 2.45) is 0 Å². The summed E-state index contributed by atoms with van der Waals surface area (Å²) in [6, 6.07) is 6.04. The lowest BCUT2D eigenvalue weighted by Crippen LogP contribution is -2.19. The average molecular weight is 234 g/mol. The summed E-state index contributed by atoms with van der Waals surface area (Å²) in [5.74, 6) is 0. The Morgan fingerprint density at radius 2 is 2.29 bits per heavy atom. The Morgan fingerprint density at radius 3 is 3.00 bits per heavy atom. The number of hydrogen-bond donors (Lipinski definition) is 1. The Hall–Kier alpha value is -1.19. The molecule has 0 aliphatic rings. The van der Waals surface area contributed by atoms with Gasteiger partial charge in [-0.3, -0.25) is 4.98 Å². The summed E-state index contributed by atoms with van der Waals surface area (Å²) in [5.41, 5.74) is 2.51. The van der Waals surface area contributed by atoms with Crippen molar-refractivity contribution in [3.05, 3.63) is 41.7 Å². The van der Waals surface area contributed by atoms with Crippen LogP contribution in [0.1, 0.15) is 19.0 Å². The summed E-state index contributed by atoms with van der Waals surface area (Å²) in [6.07, 6.45) is 6.12. The number of rotatable bonds is 8. The maximum Gasteiger partial charge on any atom is 0.0587 e. The highest BCUT2D eigenvalue weighted by molar-refractivity contribution is 5.13. The van der Waals surface area contributed by atoms with Gasteiger partial charge >= 0.3 is 0 Å². The van der Waals surface area contributed by atoms with Crippen LogP contribution in [0.3, 0.4) is 0 Å². The third-order valence-electron chi connectivity index (χ3n) is 2.48. The molecular formula is C14H22N2O. The first-order valence-electron chi connectivity index (χ1n) is 6.08. The summed E-state index contributed by atoms with van der Waals surface area (Å²) in [5, 5.41) is 3.32. The van der Waals surface area contributed by atoms with Gasteiger partial charge in [0, 0.05) is 32.0 Å². The molecule has 3 nitrogen and oxygen atoms in total. The number of allylic oxidation sites excluding steroid dienone is 1. The van der Waals surface area contributed by atoms with Crippen LogP contribution in [0.15, 0.2) is 36.0 Å². The molecular weight excluding hydrogens is 212 g/mol. The minimum Gasteiger partial charge on any atom is -0.383 e. The van der Waals surface area contributed by atoms with Crippen LogP contribution >= 0.6 is 0 Å². The van der Waals surface area contributed by atoms with Crippen molar-refractivity contribution < 1.29 is 4.74 Å². The number of nitrogens with zero attached hydrogens (tertiary/aromatic N) is 1. The molecule has 0 aromatic carbocycles. The van der Waals surface area contributed by atoms with Gasteiger partial charge in [-0.05, 0) is 32.0 Å². The molecule has 0 amide bonds. The standard InChI is InChI=1S/C14H22N2O/c1-13(6-5-8-15-10-11-17-2)12-14-7-3-4-9-16-14/h3-4,6-7,9,15H,5,8,10-12H2,1-2H3. The van der Waals surface area contributed by atoms with Gasteiger partial charge in [0.1, 0.15) is 0 Å². The predicted molar refractivity (Wildman–Crippen MR) is 71.1 cm³/mol. The first kappa shape index (κ1) is 13.9. The Labute approximate surface area is 104 Å². The fourth-order valence-electron chi connectivity index (χ4n) is 1.58. The zero-order valence-corrected chi connectivity index (χ0v) is 10.8. The molecule has 1 aromatic rings. The molecule has 0 saturated heterocycles. The molecule has 0 aliphatic heterocycles. The first-order valence-corrected chi connectivity index (χ1v) is 6.08. The number of pyridine rings is 1. The van der Waals surface area contributed by atoms with Crippen molar-refractivity contribution in [2.45, 2.75) is 19.8 Å². The smallest absolute Gasteiger partial charge is 0.0587 e. The van der Waals surface area contributed by atoms with Crippen molar-refractivity contribution in [3.8, 4) is 0 Å². The van der Waals surface area contributed by atoms with E-state index in [1.54, 1.807) is 7.11 Å². The molecule has 1 heterocycles. The lowest BCUT2D eigenvalue weighted by molar-refractivity contribution is 0.199. The van der Waals surface area contributed by atoms with Gasteiger partial charge in [-0.25, -0.2) is 0 Å². The zero-order chi connectivity index (χ0) is 12.3. The Bertz CT molecular complexity index is 322. The van der Waals surface area contributed by atoms with Gasteiger partial charge in [0.15, 0.2) is 0 Å². The number of aromatic nitrogens is 1. The van der Waals surface area contributed by atoms with Gasteiger partial charge in [-0.15, -0.1) is 0 Å². The van der Waals surface area contributed by atoms with Crippen molar-refractivity contribution in [1.82, 2.24) is 10.3 Å². The zero-order valence-electron chi connectivity index (χ0n) is 10.8. The topological polar surface area (TPSA) is 34.1 Å². The van der Waals surface area contributed by atoms with Crippen LogP contribution in [0.25, 0.3) is 0 Å². The van der Waals surface area contributed by atoms with Gasteiger partial charge in [0.25, 0.3) is 0 Å². The molecule has 1 N–H and O–H groups in total. The highest BCUT2D eigenvalue weighted by Crippen LogP contribution is 2.04. The molecule has 17 heavy (non-hydrogen) atoms. The second-order valence-electron chi connectivity index (χ2n) is 4.08. The van der Waals surface area contributed by atoms with Gasteiger partial charge in [-0.2, -0.15) is 0 Å². The molecule has 0 bridgehead atoms. The molecule has 0 radical (unpaired) electrons. The lowest BCUT2D eigenvalue weighted by atomic mass is 10.1. The summed E-state index contributed by atoms with van der Waals surface area (Å²) < 4.78 is 4.96. The van der Waals surface area contributed by atoms with Crippen LogP contribution in [0.5, 0.6) is 0 Å². The Morgan fingerprint density at radius 1 is 1.41 bits per heavy atom. The molecule has 0 saturated carbocycles.